The fourth-order valence-electron chi connectivity index (χ4n) is 3.27. The van der Waals surface area contributed by atoms with Gasteiger partial charge in [-0.05, 0) is 50.9 Å². The number of aliphatic hydroxyl groups excluding tert-OH is 1. The lowest BCUT2D eigenvalue weighted by molar-refractivity contribution is -0.182. The average molecular weight is 308 g/mol. The largest absolute Gasteiger partial charge is 0.393 e. The Hall–Kier alpha value is -0.980. The first-order valence-corrected chi connectivity index (χ1v) is 7.63. The summed E-state index contributed by atoms with van der Waals surface area (Å²) in [4.78, 5) is 11.7. The van der Waals surface area contributed by atoms with Crippen molar-refractivity contribution in [1.29, 1.82) is 0 Å². The smallest absolute Gasteiger partial charge is 0.391 e. The molecule has 2 fully saturated rings. The zero-order chi connectivity index (χ0) is 15.5. The number of carbonyl (C=O) groups excluding carboxylic acids is 1. The Morgan fingerprint density at radius 3 is 2.29 bits per heavy atom. The summed E-state index contributed by atoms with van der Waals surface area (Å²) in [5.74, 6) is -0.926. The van der Waals surface area contributed by atoms with Crippen LogP contribution in [0.2, 0.25) is 0 Å². The van der Waals surface area contributed by atoms with Crippen LogP contribution in [0.15, 0.2) is 0 Å². The molecule has 3 N–H and O–H groups in total. The van der Waals surface area contributed by atoms with E-state index in [1.807, 2.05) is 0 Å². The number of hydrogen-bond acceptors (Lipinski definition) is 2. The molecule has 21 heavy (non-hydrogen) atoms. The van der Waals surface area contributed by atoms with Crippen molar-refractivity contribution in [3.63, 3.8) is 0 Å². The van der Waals surface area contributed by atoms with Gasteiger partial charge < -0.3 is 15.7 Å². The Kier molecular flexibility index (Phi) is 5.35. The Labute approximate surface area is 122 Å². The van der Waals surface area contributed by atoms with Crippen LogP contribution in [0.5, 0.6) is 0 Å². The average Bonchev–Trinajstić information content (AvgIpc) is 2.82. The SMILES string of the molecule is O=C(NC[C@@H]1CC[C@H](O)C1)NC1CCC(C(F)(F)F)CC1. The van der Waals surface area contributed by atoms with Gasteiger partial charge in [-0.25, -0.2) is 4.79 Å². The number of halogens is 3. The molecule has 0 spiro atoms. The summed E-state index contributed by atoms with van der Waals surface area (Å²) in [7, 11) is 0. The molecule has 0 saturated heterocycles. The molecule has 4 nitrogen and oxygen atoms in total. The lowest BCUT2D eigenvalue weighted by atomic mass is 9.86. The van der Waals surface area contributed by atoms with Gasteiger partial charge in [0, 0.05) is 12.6 Å². The summed E-state index contributed by atoms with van der Waals surface area (Å²) in [6, 6.07) is -0.482. The van der Waals surface area contributed by atoms with Crippen molar-refractivity contribution in [2.45, 2.75) is 63.3 Å². The molecule has 2 amide bonds. The van der Waals surface area contributed by atoms with Gasteiger partial charge in [-0.1, -0.05) is 0 Å². The van der Waals surface area contributed by atoms with E-state index in [-0.39, 0.29) is 31.0 Å². The van der Waals surface area contributed by atoms with Crippen molar-refractivity contribution in [3.05, 3.63) is 0 Å². The maximum Gasteiger partial charge on any atom is 0.391 e. The maximum atomic E-state index is 12.5. The van der Waals surface area contributed by atoms with E-state index in [4.69, 9.17) is 0 Å². The molecular weight excluding hydrogens is 285 g/mol. The zero-order valence-corrected chi connectivity index (χ0v) is 12.0. The number of amides is 2. The van der Waals surface area contributed by atoms with Gasteiger partial charge in [-0.3, -0.25) is 0 Å². The van der Waals surface area contributed by atoms with Crippen LogP contribution in [-0.4, -0.2) is 36.0 Å². The molecule has 0 heterocycles. The van der Waals surface area contributed by atoms with Gasteiger partial charge in [0.25, 0.3) is 0 Å². The number of rotatable bonds is 3. The van der Waals surface area contributed by atoms with Crippen LogP contribution in [0.25, 0.3) is 0 Å². The van der Waals surface area contributed by atoms with Crippen molar-refractivity contribution in [2.75, 3.05) is 6.54 Å². The van der Waals surface area contributed by atoms with E-state index in [1.165, 1.54) is 0 Å². The minimum atomic E-state index is -4.11. The molecule has 0 aliphatic heterocycles. The second-order valence-electron chi connectivity index (χ2n) is 6.28. The van der Waals surface area contributed by atoms with Crippen LogP contribution in [0.3, 0.4) is 0 Å². The van der Waals surface area contributed by atoms with Crippen LogP contribution < -0.4 is 10.6 Å². The Bertz CT molecular complexity index is 355. The third kappa shape index (κ3) is 5.05. The molecule has 0 unspecified atom stereocenters. The highest BCUT2D eigenvalue weighted by atomic mass is 19.4. The highest BCUT2D eigenvalue weighted by molar-refractivity contribution is 5.74. The van der Waals surface area contributed by atoms with E-state index in [1.54, 1.807) is 0 Å². The number of carbonyl (C=O) groups is 1. The summed E-state index contributed by atoms with van der Waals surface area (Å²) in [6.07, 6.45) is -1.08. The first-order chi connectivity index (χ1) is 9.84. The molecule has 0 aromatic carbocycles. The summed E-state index contributed by atoms with van der Waals surface area (Å²) < 4.78 is 37.6. The number of aliphatic hydroxyl groups is 1. The van der Waals surface area contributed by atoms with Crippen LogP contribution in [0.1, 0.15) is 44.9 Å². The summed E-state index contributed by atoms with van der Waals surface area (Å²) >= 11 is 0. The normalized spacial score (nSPS) is 33.7. The van der Waals surface area contributed by atoms with E-state index in [0.29, 0.717) is 31.7 Å². The third-order valence-corrected chi connectivity index (χ3v) is 4.59. The fourth-order valence-corrected chi connectivity index (χ4v) is 3.27. The van der Waals surface area contributed by atoms with Gasteiger partial charge >= 0.3 is 12.2 Å². The molecule has 7 heteroatoms. The van der Waals surface area contributed by atoms with E-state index >= 15 is 0 Å². The lowest BCUT2D eigenvalue weighted by Crippen LogP contribution is -2.45. The Morgan fingerprint density at radius 2 is 1.76 bits per heavy atom. The molecule has 2 atom stereocenters. The van der Waals surface area contributed by atoms with Gasteiger partial charge in [0.15, 0.2) is 0 Å². The predicted molar refractivity (Wildman–Crippen MR) is 71.7 cm³/mol. The highest BCUT2D eigenvalue weighted by Crippen LogP contribution is 2.37. The van der Waals surface area contributed by atoms with Crippen molar-refractivity contribution in [1.82, 2.24) is 10.6 Å². The summed E-state index contributed by atoms with van der Waals surface area (Å²) in [5, 5.41) is 14.9. The van der Waals surface area contributed by atoms with Crippen molar-refractivity contribution in [3.8, 4) is 0 Å². The molecule has 2 aliphatic rings. The summed E-state index contributed by atoms with van der Waals surface area (Å²) in [5.41, 5.74) is 0. The number of nitrogens with one attached hydrogen (secondary N) is 2. The molecule has 0 aromatic heterocycles. The van der Waals surface area contributed by atoms with Crippen molar-refractivity contribution < 1.29 is 23.1 Å². The van der Waals surface area contributed by atoms with Gasteiger partial charge in [0.05, 0.1) is 12.0 Å². The molecular formula is C14H23F3N2O2. The van der Waals surface area contributed by atoms with E-state index in [0.717, 1.165) is 12.8 Å². The van der Waals surface area contributed by atoms with Crippen LogP contribution >= 0.6 is 0 Å². The van der Waals surface area contributed by atoms with Crippen LogP contribution in [-0.2, 0) is 0 Å². The predicted octanol–water partition coefficient (Wildman–Crippen LogP) is 2.57. The molecule has 2 aliphatic carbocycles. The first kappa shape index (κ1) is 16.4. The Morgan fingerprint density at radius 1 is 1.10 bits per heavy atom. The minimum absolute atomic E-state index is 0.0866. The number of alkyl halides is 3. The summed E-state index contributed by atoms with van der Waals surface area (Å²) in [6.45, 7) is 0.515. The van der Waals surface area contributed by atoms with Gasteiger partial charge in [-0.2, -0.15) is 13.2 Å². The molecule has 0 aromatic rings. The molecule has 2 saturated carbocycles. The number of hydrogen-bond donors (Lipinski definition) is 3. The first-order valence-electron chi connectivity index (χ1n) is 7.63. The minimum Gasteiger partial charge on any atom is -0.393 e. The molecule has 2 rings (SSSR count). The highest BCUT2D eigenvalue weighted by Gasteiger charge is 2.41. The second kappa shape index (κ2) is 6.85. The fraction of sp³-hybridized carbons (Fsp3) is 0.929. The van der Waals surface area contributed by atoms with E-state index in [2.05, 4.69) is 10.6 Å². The monoisotopic (exact) mass is 308 g/mol. The van der Waals surface area contributed by atoms with Gasteiger partial charge in [0.2, 0.25) is 0 Å². The van der Waals surface area contributed by atoms with Crippen molar-refractivity contribution >= 4 is 6.03 Å². The second-order valence-corrected chi connectivity index (χ2v) is 6.28. The van der Waals surface area contributed by atoms with Crippen molar-refractivity contribution in [2.24, 2.45) is 11.8 Å². The number of urea groups is 1. The van der Waals surface area contributed by atoms with Gasteiger partial charge in [-0.15, -0.1) is 0 Å². The molecule has 0 radical (unpaired) electrons. The maximum absolute atomic E-state index is 12.5. The van der Waals surface area contributed by atoms with E-state index < -0.39 is 12.1 Å². The standard InChI is InChI=1S/C14H23F3N2O2/c15-14(16,17)10-2-4-11(5-3-10)19-13(21)18-8-9-1-6-12(20)7-9/h9-12,20H,1-8H2,(H2,18,19,21)/t9-,10?,11?,12+/m1/s1. The molecule has 0 bridgehead atoms. The third-order valence-electron chi connectivity index (χ3n) is 4.59. The Balaban J connectivity index is 1.63. The van der Waals surface area contributed by atoms with E-state index in [9.17, 15) is 23.1 Å². The molecule has 122 valence electrons. The zero-order valence-electron chi connectivity index (χ0n) is 12.0. The topological polar surface area (TPSA) is 61.4 Å². The van der Waals surface area contributed by atoms with Gasteiger partial charge in [0.1, 0.15) is 0 Å². The van der Waals surface area contributed by atoms with Crippen LogP contribution in [0.4, 0.5) is 18.0 Å². The lowest BCUT2D eigenvalue weighted by Gasteiger charge is -2.30. The van der Waals surface area contributed by atoms with Crippen LogP contribution in [0, 0.1) is 11.8 Å². The quantitative estimate of drug-likeness (QED) is 0.750.